The van der Waals surface area contributed by atoms with E-state index >= 15 is 0 Å². The maximum Gasteiger partial charge on any atom is 0.311 e. The van der Waals surface area contributed by atoms with Gasteiger partial charge in [0, 0.05) is 24.4 Å². The van der Waals surface area contributed by atoms with Crippen LogP contribution in [0.3, 0.4) is 0 Å². The van der Waals surface area contributed by atoms with Crippen molar-refractivity contribution in [1.29, 1.82) is 0 Å². The zero-order chi connectivity index (χ0) is 20.1. The Morgan fingerprint density at radius 2 is 2.04 bits per heavy atom. The largest absolute Gasteiger partial charge is 0.490 e. The summed E-state index contributed by atoms with van der Waals surface area (Å²) >= 11 is 12.2. The van der Waals surface area contributed by atoms with Crippen molar-refractivity contribution in [3.63, 3.8) is 0 Å². The van der Waals surface area contributed by atoms with Crippen LogP contribution in [0.25, 0.3) is 0 Å². The van der Waals surface area contributed by atoms with Crippen molar-refractivity contribution in [3.8, 4) is 5.75 Å². The van der Waals surface area contributed by atoms with Gasteiger partial charge in [-0.05, 0) is 31.2 Å². The molecule has 0 aliphatic carbocycles. The van der Waals surface area contributed by atoms with Gasteiger partial charge in [0.2, 0.25) is 5.91 Å². The van der Waals surface area contributed by atoms with Crippen LogP contribution in [0, 0.1) is 17.0 Å². The first-order valence-electron chi connectivity index (χ1n) is 7.97. The highest BCUT2D eigenvalue weighted by molar-refractivity contribution is 6.42. The molecule has 0 spiro atoms. The lowest BCUT2D eigenvalue weighted by Crippen LogP contribution is -2.30. The van der Waals surface area contributed by atoms with Crippen LogP contribution in [-0.4, -0.2) is 36.4 Å². The zero-order valence-corrected chi connectivity index (χ0v) is 16.6. The van der Waals surface area contributed by atoms with Crippen molar-refractivity contribution in [1.82, 2.24) is 4.90 Å². The highest BCUT2D eigenvalue weighted by Crippen LogP contribution is 2.32. The fourth-order valence-electron chi connectivity index (χ4n) is 2.57. The highest BCUT2D eigenvalue weighted by Gasteiger charge is 2.19. The Hall–Kier alpha value is -2.35. The first-order chi connectivity index (χ1) is 12.7. The topological polar surface area (TPSA) is 84.7 Å². The average molecular weight is 412 g/mol. The molecule has 2 aromatic carbocycles. The Morgan fingerprint density at radius 3 is 2.67 bits per heavy atom. The molecule has 1 amide bonds. The fraction of sp³-hybridized carbons (Fsp3) is 0.278. The highest BCUT2D eigenvalue weighted by atomic mass is 35.5. The van der Waals surface area contributed by atoms with E-state index in [1.807, 2.05) is 6.07 Å². The predicted octanol–water partition coefficient (Wildman–Crippen LogP) is 4.29. The molecule has 0 bridgehead atoms. The van der Waals surface area contributed by atoms with E-state index in [0.717, 1.165) is 5.56 Å². The quantitative estimate of drug-likeness (QED) is 0.542. The third-order valence-electron chi connectivity index (χ3n) is 3.88. The number of hydrogen-bond donors (Lipinski definition) is 1. The lowest BCUT2D eigenvalue weighted by Gasteiger charge is -2.18. The van der Waals surface area contributed by atoms with Crippen LogP contribution < -0.4 is 10.1 Å². The third kappa shape index (κ3) is 5.32. The van der Waals surface area contributed by atoms with Gasteiger partial charge in [-0.15, -0.1) is 0 Å². The third-order valence-corrected chi connectivity index (χ3v) is 4.74. The molecule has 0 fully saturated rings. The number of nitrogens with zero attached hydrogens (tertiary/aromatic N) is 2. The molecule has 0 aliphatic heterocycles. The van der Waals surface area contributed by atoms with Crippen molar-refractivity contribution in [3.05, 3.63) is 61.6 Å². The molecule has 1 N–H and O–H groups in total. The number of nitro benzene ring substituents is 1. The molecule has 0 radical (unpaired) electrons. The molecule has 9 heteroatoms. The second-order valence-corrected chi connectivity index (χ2v) is 6.81. The number of rotatable bonds is 7. The number of carbonyl (C=O) groups is 1. The second kappa shape index (κ2) is 9.03. The number of aryl methyl sites for hydroxylation is 1. The number of methoxy groups -OCH3 is 1. The number of hydrogen-bond acceptors (Lipinski definition) is 5. The van der Waals surface area contributed by atoms with Gasteiger partial charge in [-0.3, -0.25) is 19.8 Å². The molecule has 0 unspecified atom stereocenters. The number of benzene rings is 2. The molecule has 0 saturated heterocycles. The van der Waals surface area contributed by atoms with E-state index in [2.05, 4.69) is 5.32 Å². The summed E-state index contributed by atoms with van der Waals surface area (Å²) in [6.07, 6.45) is 0. The summed E-state index contributed by atoms with van der Waals surface area (Å²) in [5, 5.41) is 14.7. The summed E-state index contributed by atoms with van der Waals surface area (Å²) in [5.41, 5.74) is 1.68. The summed E-state index contributed by atoms with van der Waals surface area (Å²) in [4.78, 5) is 24.7. The van der Waals surface area contributed by atoms with E-state index in [1.165, 1.54) is 19.2 Å². The SMILES string of the molecule is COc1cc(NC(=O)CN(C)Cc2cccc(Cl)c2Cl)c(C)cc1[N+](=O)[O-]. The number of anilines is 1. The molecule has 0 atom stereocenters. The Bertz CT molecular complexity index is 874. The average Bonchev–Trinajstić information content (AvgIpc) is 2.60. The second-order valence-electron chi connectivity index (χ2n) is 6.03. The van der Waals surface area contributed by atoms with Gasteiger partial charge in [0.1, 0.15) is 0 Å². The lowest BCUT2D eigenvalue weighted by molar-refractivity contribution is -0.385. The van der Waals surface area contributed by atoms with E-state index in [1.54, 1.807) is 31.0 Å². The first-order valence-corrected chi connectivity index (χ1v) is 8.72. The van der Waals surface area contributed by atoms with E-state index < -0.39 is 4.92 Å². The maximum absolute atomic E-state index is 12.3. The Labute approximate surface area is 167 Å². The van der Waals surface area contributed by atoms with Crippen LogP contribution in [-0.2, 0) is 11.3 Å². The number of nitrogens with one attached hydrogen (secondary N) is 1. The normalized spacial score (nSPS) is 10.7. The molecular weight excluding hydrogens is 393 g/mol. The molecule has 2 rings (SSSR count). The summed E-state index contributed by atoms with van der Waals surface area (Å²) in [6.45, 7) is 2.22. The van der Waals surface area contributed by atoms with Crippen molar-refractivity contribution in [2.24, 2.45) is 0 Å². The van der Waals surface area contributed by atoms with Crippen molar-refractivity contribution < 1.29 is 14.5 Å². The first kappa shape index (κ1) is 21.0. The number of nitro groups is 1. The van der Waals surface area contributed by atoms with Crippen molar-refractivity contribution in [2.45, 2.75) is 13.5 Å². The minimum absolute atomic E-state index is 0.0833. The Morgan fingerprint density at radius 1 is 1.33 bits per heavy atom. The monoisotopic (exact) mass is 411 g/mol. The van der Waals surface area contributed by atoms with Gasteiger partial charge in [0.15, 0.2) is 5.75 Å². The smallest absolute Gasteiger partial charge is 0.311 e. The lowest BCUT2D eigenvalue weighted by atomic mass is 10.1. The number of likely N-dealkylation sites (N-methyl/N-ethyl adjacent to an activating group) is 1. The molecule has 0 aliphatic rings. The van der Waals surface area contributed by atoms with Gasteiger partial charge in [-0.1, -0.05) is 35.3 Å². The van der Waals surface area contributed by atoms with Gasteiger partial charge in [0.25, 0.3) is 0 Å². The van der Waals surface area contributed by atoms with E-state index in [4.69, 9.17) is 27.9 Å². The molecule has 2 aromatic rings. The summed E-state index contributed by atoms with van der Waals surface area (Å²) < 4.78 is 5.04. The van der Waals surface area contributed by atoms with Gasteiger partial charge >= 0.3 is 5.69 Å². The van der Waals surface area contributed by atoms with Crippen LogP contribution in [0.5, 0.6) is 5.75 Å². The van der Waals surface area contributed by atoms with Gasteiger partial charge in [-0.25, -0.2) is 0 Å². The van der Waals surface area contributed by atoms with E-state index in [0.29, 0.717) is 27.8 Å². The molecule has 7 nitrogen and oxygen atoms in total. The van der Waals surface area contributed by atoms with Gasteiger partial charge in [-0.2, -0.15) is 0 Å². The summed E-state index contributed by atoms with van der Waals surface area (Å²) in [6, 6.07) is 8.14. The van der Waals surface area contributed by atoms with Crippen LogP contribution in [0.1, 0.15) is 11.1 Å². The Balaban J connectivity index is 2.07. The minimum Gasteiger partial charge on any atom is -0.490 e. The molecule has 27 heavy (non-hydrogen) atoms. The standard InChI is InChI=1S/C18H19Cl2N3O4/c1-11-7-15(23(25)26)16(27-3)8-14(11)21-17(24)10-22(2)9-12-5-4-6-13(19)18(12)20/h4-8H,9-10H2,1-3H3,(H,21,24). The molecule has 0 saturated carbocycles. The van der Waals surface area contributed by atoms with Crippen LogP contribution in [0.2, 0.25) is 10.0 Å². The number of ether oxygens (including phenoxy) is 1. The minimum atomic E-state index is -0.528. The molecule has 144 valence electrons. The maximum atomic E-state index is 12.3. The van der Waals surface area contributed by atoms with E-state index in [9.17, 15) is 14.9 Å². The molecule has 0 aromatic heterocycles. The van der Waals surface area contributed by atoms with Crippen LogP contribution in [0.4, 0.5) is 11.4 Å². The van der Waals surface area contributed by atoms with Gasteiger partial charge in [0.05, 0.1) is 28.6 Å². The van der Waals surface area contributed by atoms with Crippen molar-refractivity contribution >= 4 is 40.5 Å². The predicted molar refractivity (Wildman–Crippen MR) is 106 cm³/mol. The van der Waals surface area contributed by atoms with Gasteiger partial charge < -0.3 is 10.1 Å². The molecule has 0 heterocycles. The van der Waals surface area contributed by atoms with Crippen LogP contribution in [0.15, 0.2) is 30.3 Å². The number of amides is 1. The Kier molecular flexibility index (Phi) is 7.01. The van der Waals surface area contributed by atoms with Crippen molar-refractivity contribution in [2.75, 3.05) is 26.0 Å². The van der Waals surface area contributed by atoms with Crippen LogP contribution >= 0.6 is 23.2 Å². The fourth-order valence-corrected chi connectivity index (χ4v) is 2.95. The summed E-state index contributed by atoms with van der Waals surface area (Å²) in [5.74, 6) is -0.186. The zero-order valence-electron chi connectivity index (χ0n) is 15.1. The summed E-state index contributed by atoms with van der Waals surface area (Å²) in [7, 11) is 3.12. The number of halogens is 2. The molecular formula is C18H19Cl2N3O4. The van der Waals surface area contributed by atoms with E-state index in [-0.39, 0.29) is 23.9 Å². The number of carbonyl (C=O) groups excluding carboxylic acids is 1.